The van der Waals surface area contributed by atoms with Crippen LogP contribution >= 0.6 is 0 Å². The molecule has 0 aromatic heterocycles. The highest BCUT2D eigenvalue weighted by Crippen LogP contribution is 2.45. The van der Waals surface area contributed by atoms with E-state index in [0.29, 0.717) is 23.5 Å². The van der Waals surface area contributed by atoms with Crippen LogP contribution in [0.1, 0.15) is 114 Å². The van der Waals surface area contributed by atoms with Crippen molar-refractivity contribution >= 4 is 0 Å². The van der Waals surface area contributed by atoms with Gasteiger partial charge in [0, 0.05) is 5.56 Å². The second-order valence-electron chi connectivity index (χ2n) is 13.2. The van der Waals surface area contributed by atoms with E-state index in [1.54, 1.807) is 30.3 Å². The molecule has 2 aliphatic carbocycles. The van der Waals surface area contributed by atoms with Crippen molar-refractivity contribution in [1.29, 1.82) is 0 Å². The first-order valence-electron chi connectivity index (χ1n) is 17.0. The number of halogens is 3. The van der Waals surface area contributed by atoms with Crippen LogP contribution < -0.4 is 0 Å². The zero-order valence-corrected chi connectivity index (χ0v) is 26.2. The fourth-order valence-electron chi connectivity index (χ4n) is 7.76. The molecule has 0 bridgehead atoms. The summed E-state index contributed by atoms with van der Waals surface area (Å²) >= 11 is 0. The molecule has 5 rings (SSSR count). The fourth-order valence-corrected chi connectivity index (χ4v) is 7.76. The van der Waals surface area contributed by atoms with Gasteiger partial charge >= 0.3 is 0 Å². The van der Waals surface area contributed by atoms with Gasteiger partial charge in [-0.2, -0.15) is 0 Å². The average Bonchev–Trinajstić information content (AvgIpc) is 3.04. The standard InChI is InChI=1S/C40H49F3/c1-3-5-7-9-28-11-13-29(14-12-28)30-15-19-32(20-16-30)36-25-24-35(27-38(36)41)31-17-21-33(22-18-31)37-26-23-34(10-8-6-4-2)39(42)40(37)43/h6,8,17-18,21-30,32H,3-5,7,9-16,19-20H2,1-2H3/b8-6-. The third-order valence-corrected chi connectivity index (χ3v) is 10.4. The van der Waals surface area contributed by atoms with Crippen LogP contribution in [0.25, 0.3) is 22.3 Å². The zero-order chi connectivity index (χ0) is 30.2. The normalized spacial score (nSPS) is 22.7. The van der Waals surface area contributed by atoms with E-state index in [0.717, 1.165) is 53.7 Å². The van der Waals surface area contributed by atoms with E-state index < -0.39 is 11.6 Å². The molecule has 0 N–H and O–H groups in total. The molecule has 3 heteroatoms. The molecule has 230 valence electrons. The third-order valence-electron chi connectivity index (χ3n) is 10.4. The monoisotopic (exact) mass is 586 g/mol. The summed E-state index contributed by atoms with van der Waals surface area (Å²) in [5.41, 5.74) is 3.73. The van der Waals surface area contributed by atoms with Gasteiger partial charge in [0.1, 0.15) is 5.82 Å². The van der Waals surface area contributed by atoms with E-state index in [-0.39, 0.29) is 11.4 Å². The highest BCUT2D eigenvalue weighted by molar-refractivity contribution is 5.71. The van der Waals surface area contributed by atoms with Crippen LogP contribution in [0.4, 0.5) is 13.2 Å². The summed E-state index contributed by atoms with van der Waals surface area (Å²) in [5.74, 6) is 1.21. The molecular weight excluding hydrogens is 537 g/mol. The van der Waals surface area contributed by atoms with Crippen molar-refractivity contribution < 1.29 is 13.2 Å². The Morgan fingerprint density at radius 2 is 1.30 bits per heavy atom. The molecule has 3 aromatic rings. The first-order chi connectivity index (χ1) is 21.0. The molecule has 2 fully saturated rings. The first-order valence-corrected chi connectivity index (χ1v) is 17.0. The second kappa shape index (κ2) is 15.3. The molecule has 0 nitrogen and oxygen atoms in total. The molecule has 0 spiro atoms. The Balaban J connectivity index is 1.17. The summed E-state index contributed by atoms with van der Waals surface area (Å²) in [6.45, 7) is 4.30. The number of rotatable bonds is 11. The quantitative estimate of drug-likeness (QED) is 0.155. The minimum absolute atomic E-state index is 0.126. The van der Waals surface area contributed by atoms with Gasteiger partial charge in [0.2, 0.25) is 0 Å². The van der Waals surface area contributed by atoms with E-state index >= 15 is 4.39 Å². The van der Waals surface area contributed by atoms with Crippen LogP contribution in [0, 0.1) is 35.2 Å². The molecule has 3 aromatic carbocycles. The van der Waals surface area contributed by atoms with Gasteiger partial charge in [-0.25, -0.2) is 13.2 Å². The summed E-state index contributed by atoms with van der Waals surface area (Å²) in [6.07, 6.45) is 20.8. The molecule has 0 aliphatic heterocycles. The summed E-state index contributed by atoms with van der Waals surface area (Å²) in [6, 6.07) is 16.2. The predicted octanol–water partition coefficient (Wildman–Crippen LogP) is 12.6. The molecule has 2 aliphatic rings. The van der Waals surface area contributed by atoms with Crippen molar-refractivity contribution in [2.45, 2.75) is 110 Å². The van der Waals surface area contributed by atoms with Crippen LogP contribution in [-0.2, 0) is 6.42 Å². The summed E-state index contributed by atoms with van der Waals surface area (Å²) in [7, 11) is 0. The smallest absolute Gasteiger partial charge is 0.166 e. The Morgan fingerprint density at radius 3 is 1.95 bits per heavy atom. The summed E-state index contributed by atoms with van der Waals surface area (Å²) < 4.78 is 45.0. The maximum atomic E-state index is 15.4. The van der Waals surface area contributed by atoms with Crippen LogP contribution in [0.3, 0.4) is 0 Å². The van der Waals surface area contributed by atoms with E-state index in [2.05, 4.69) is 6.92 Å². The van der Waals surface area contributed by atoms with Crippen molar-refractivity contribution in [3.05, 3.63) is 95.3 Å². The molecule has 0 saturated heterocycles. The van der Waals surface area contributed by atoms with Gasteiger partial charge < -0.3 is 0 Å². The van der Waals surface area contributed by atoms with Gasteiger partial charge in [-0.05, 0) is 109 Å². The number of benzene rings is 3. The van der Waals surface area contributed by atoms with Gasteiger partial charge in [-0.1, -0.05) is 113 Å². The van der Waals surface area contributed by atoms with E-state index in [1.807, 2.05) is 43.3 Å². The Bertz CT molecular complexity index is 1340. The van der Waals surface area contributed by atoms with E-state index in [9.17, 15) is 8.78 Å². The van der Waals surface area contributed by atoms with Gasteiger partial charge in [0.15, 0.2) is 11.6 Å². The topological polar surface area (TPSA) is 0 Å². The number of allylic oxidation sites excluding steroid dienone is 2. The van der Waals surface area contributed by atoms with Crippen molar-refractivity contribution in [2.75, 3.05) is 0 Å². The first kappa shape index (κ1) is 31.6. The van der Waals surface area contributed by atoms with Crippen molar-refractivity contribution in [3.63, 3.8) is 0 Å². The SMILES string of the molecule is CC/C=C\Cc1ccc(-c2ccc(-c3ccc(C4CCC(C5CCC(CCCCC)CC5)CC4)c(F)c3)cc2)c(F)c1F. The van der Waals surface area contributed by atoms with Gasteiger partial charge in [0.05, 0.1) is 0 Å². The Morgan fingerprint density at radius 1 is 0.651 bits per heavy atom. The summed E-state index contributed by atoms with van der Waals surface area (Å²) in [4.78, 5) is 0. The van der Waals surface area contributed by atoms with E-state index in [1.165, 1.54) is 64.2 Å². The Hall–Kier alpha value is -2.81. The van der Waals surface area contributed by atoms with Crippen LogP contribution in [-0.4, -0.2) is 0 Å². The molecule has 0 heterocycles. The molecule has 0 radical (unpaired) electrons. The van der Waals surface area contributed by atoms with Crippen molar-refractivity contribution in [3.8, 4) is 22.3 Å². The maximum Gasteiger partial charge on any atom is 0.166 e. The Kier molecular flexibility index (Phi) is 11.2. The molecule has 2 saturated carbocycles. The Labute approximate surface area is 257 Å². The minimum atomic E-state index is -0.824. The van der Waals surface area contributed by atoms with Crippen LogP contribution in [0.2, 0.25) is 0 Å². The molecular formula is C40H49F3. The van der Waals surface area contributed by atoms with Crippen molar-refractivity contribution in [1.82, 2.24) is 0 Å². The molecule has 0 amide bonds. The van der Waals surface area contributed by atoms with Crippen LogP contribution in [0.15, 0.2) is 66.7 Å². The average molecular weight is 587 g/mol. The minimum Gasteiger partial charge on any atom is -0.207 e. The van der Waals surface area contributed by atoms with Crippen molar-refractivity contribution in [2.24, 2.45) is 17.8 Å². The number of hydrogen-bond donors (Lipinski definition) is 0. The highest BCUT2D eigenvalue weighted by Gasteiger charge is 2.32. The third kappa shape index (κ3) is 7.83. The maximum absolute atomic E-state index is 15.4. The van der Waals surface area contributed by atoms with Gasteiger partial charge in [0.25, 0.3) is 0 Å². The molecule has 0 atom stereocenters. The number of hydrogen-bond acceptors (Lipinski definition) is 0. The second-order valence-corrected chi connectivity index (χ2v) is 13.2. The zero-order valence-electron chi connectivity index (χ0n) is 26.2. The predicted molar refractivity (Wildman–Crippen MR) is 175 cm³/mol. The fraction of sp³-hybridized carbons (Fsp3) is 0.500. The lowest BCUT2D eigenvalue weighted by atomic mass is 9.68. The largest absolute Gasteiger partial charge is 0.207 e. The van der Waals surface area contributed by atoms with Crippen LogP contribution in [0.5, 0.6) is 0 Å². The lowest BCUT2D eigenvalue weighted by molar-refractivity contribution is 0.155. The van der Waals surface area contributed by atoms with Gasteiger partial charge in [-0.15, -0.1) is 0 Å². The van der Waals surface area contributed by atoms with E-state index in [4.69, 9.17) is 0 Å². The summed E-state index contributed by atoms with van der Waals surface area (Å²) in [5, 5.41) is 0. The molecule has 0 unspecified atom stereocenters. The number of unbranched alkanes of at least 4 members (excludes halogenated alkanes) is 2. The lowest BCUT2D eigenvalue weighted by Gasteiger charge is -2.38. The highest BCUT2D eigenvalue weighted by atomic mass is 19.2. The molecule has 43 heavy (non-hydrogen) atoms. The van der Waals surface area contributed by atoms with Gasteiger partial charge in [-0.3, -0.25) is 0 Å². The lowest BCUT2D eigenvalue weighted by Crippen LogP contribution is -2.25.